The van der Waals surface area contributed by atoms with Crippen LogP contribution in [-0.4, -0.2) is 75.8 Å². The van der Waals surface area contributed by atoms with Crippen LogP contribution in [0, 0.1) is 11.7 Å². The van der Waals surface area contributed by atoms with Crippen molar-refractivity contribution < 1.29 is 27.1 Å². The molecular weight excluding hydrogens is 547 g/mol. The van der Waals surface area contributed by atoms with Crippen LogP contribution < -0.4 is 15.0 Å². The van der Waals surface area contributed by atoms with Gasteiger partial charge in [0.1, 0.15) is 11.6 Å². The van der Waals surface area contributed by atoms with Gasteiger partial charge in [-0.3, -0.25) is 9.59 Å². The van der Waals surface area contributed by atoms with Crippen molar-refractivity contribution in [3.63, 3.8) is 0 Å². The lowest BCUT2D eigenvalue weighted by atomic mass is 9.95. The summed E-state index contributed by atoms with van der Waals surface area (Å²) in [7, 11) is -2.07. The van der Waals surface area contributed by atoms with Gasteiger partial charge >= 0.3 is 0 Å². The zero-order valence-electron chi connectivity index (χ0n) is 22.8. The lowest BCUT2D eigenvalue weighted by Crippen LogP contribution is -2.48. The van der Waals surface area contributed by atoms with Gasteiger partial charge in [0.2, 0.25) is 15.9 Å². The van der Waals surface area contributed by atoms with Crippen LogP contribution in [0.25, 0.3) is 0 Å². The minimum absolute atomic E-state index is 0.172. The highest BCUT2D eigenvalue weighted by atomic mass is 32.2. The molecule has 2 fully saturated rings. The molecule has 11 heteroatoms. The summed E-state index contributed by atoms with van der Waals surface area (Å²) in [6.45, 7) is 2.57. The standard InChI is InChI=1S/C30H33FN4O5S/c1-40-28-8-3-2-7-27(28)33-17-19-35(20-18-33)41(38,39)26-11-9-25(10-12-26)32-29(36)22-13-15-34(16-14-22)30(37)23-5-4-6-24(31)21-23/h2-12,21-22H,13-20H2,1H3,(H,32,36). The Morgan fingerprint density at radius 1 is 0.878 bits per heavy atom. The van der Waals surface area contributed by atoms with Gasteiger partial charge in [-0.2, -0.15) is 4.31 Å². The van der Waals surface area contributed by atoms with Crippen molar-refractivity contribution >= 4 is 33.2 Å². The molecular formula is C30H33FN4O5S. The summed E-state index contributed by atoms with van der Waals surface area (Å²) in [6, 6.07) is 19.5. The van der Waals surface area contributed by atoms with Gasteiger partial charge < -0.3 is 19.9 Å². The Balaban J connectivity index is 1.13. The molecule has 0 bridgehead atoms. The van der Waals surface area contributed by atoms with E-state index in [1.54, 1.807) is 30.2 Å². The number of hydrogen-bond acceptors (Lipinski definition) is 6. The van der Waals surface area contributed by atoms with Gasteiger partial charge in [-0.25, -0.2) is 12.8 Å². The number of piperazine rings is 1. The highest BCUT2D eigenvalue weighted by molar-refractivity contribution is 7.89. The molecule has 1 N–H and O–H groups in total. The first-order chi connectivity index (χ1) is 19.8. The van der Waals surface area contributed by atoms with Gasteiger partial charge in [-0.15, -0.1) is 0 Å². The number of carbonyl (C=O) groups is 2. The number of rotatable bonds is 7. The molecule has 41 heavy (non-hydrogen) atoms. The Bertz CT molecular complexity index is 1500. The zero-order valence-corrected chi connectivity index (χ0v) is 23.6. The monoisotopic (exact) mass is 580 g/mol. The number of amides is 2. The molecule has 9 nitrogen and oxygen atoms in total. The lowest BCUT2D eigenvalue weighted by molar-refractivity contribution is -0.121. The number of para-hydroxylation sites is 2. The van der Waals surface area contributed by atoms with Crippen LogP contribution in [-0.2, 0) is 14.8 Å². The second-order valence-corrected chi connectivity index (χ2v) is 12.1. The van der Waals surface area contributed by atoms with Gasteiger partial charge in [-0.05, 0) is 67.4 Å². The smallest absolute Gasteiger partial charge is 0.253 e. The fourth-order valence-electron chi connectivity index (χ4n) is 5.31. The quantitative estimate of drug-likeness (QED) is 0.456. The Hall–Kier alpha value is -3.96. The number of anilines is 2. The molecule has 0 radical (unpaired) electrons. The molecule has 3 aromatic rings. The average molecular weight is 581 g/mol. The van der Waals surface area contributed by atoms with Gasteiger partial charge in [0.15, 0.2) is 0 Å². The van der Waals surface area contributed by atoms with Crippen molar-refractivity contribution in [1.82, 2.24) is 9.21 Å². The first kappa shape index (κ1) is 28.6. The van der Waals surface area contributed by atoms with Crippen LogP contribution >= 0.6 is 0 Å². The van der Waals surface area contributed by atoms with E-state index < -0.39 is 15.8 Å². The number of benzene rings is 3. The third kappa shape index (κ3) is 6.36. The van der Waals surface area contributed by atoms with E-state index in [1.807, 2.05) is 24.3 Å². The molecule has 3 aromatic carbocycles. The summed E-state index contributed by atoms with van der Waals surface area (Å²) in [4.78, 5) is 29.5. The van der Waals surface area contributed by atoms with Crippen LogP contribution in [0.3, 0.4) is 0 Å². The molecule has 2 heterocycles. The van der Waals surface area contributed by atoms with Gasteiger partial charge in [0.05, 0.1) is 17.7 Å². The molecule has 2 saturated heterocycles. The summed E-state index contributed by atoms with van der Waals surface area (Å²) in [5.41, 5.74) is 1.74. The maximum absolute atomic E-state index is 13.5. The normalized spacial score (nSPS) is 16.8. The van der Waals surface area contributed by atoms with Gasteiger partial charge in [0, 0.05) is 56.4 Å². The molecule has 216 valence electrons. The molecule has 0 spiro atoms. The Kier molecular flexibility index (Phi) is 8.55. The first-order valence-electron chi connectivity index (χ1n) is 13.6. The Morgan fingerprint density at radius 3 is 2.22 bits per heavy atom. The number of sulfonamides is 1. The predicted molar refractivity (Wildman–Crippen MR) is 154 cm³/mol. The van der Waals surface area contributed by atoms with E-state index in [2.05, 4.69) is 10.2 Å². The third-order valence-electron chi connectivity index (χ3n) is 7.65. The number of piperidine rings is 1. The first-order valence-corrected chi connectivity index (χ1v) is 15.0. The van der Waals surface area contributed by atoms with E-state index in [1.165, 1.54) is 34.6 Å². The summed E-state index contributed by atoms with van der Waals surface area (Å²) in [6.07, 6.45) is 0.973. The summed E-state index contributed by atoms with van der Waals surface area (Å²) >= 11 is 0. The van der Waals surface area contributed by atoms with Gasteiger partial charge in [-0.1, -0.05) is 18.2 Å². The van der Waals surface area contributed by atoms with Crippen LogP contribution in [0.2, 0.25) is 0 Å². The van der Waals surface area contributed by atoms with Crippen molar-refractivity contribution in [3.05, 3.63) is 84.2 Å². The number of methoxy groups -OCH3 is 1. The number of hydrogen-bond donors (Lipinski definition) is 1. The number of nitrogens with one attached hydrogen (secondary N) is 1. The van der Waals surface area contributed by atoms with Crippen molar-refractivity contribution in [2.24, 2.45) is 5.92 Å². The van der Waals surface area contributed by atoms with Crippen molar-refractivity contribution in [2.75, 3.05) is 56.6 Å². The number of ether oxygens (including phenoxy) is 1. The maximum Gasteiger partial charge on any atom is 0.253 e. The van der Waals surface area contributed by atoms with Crippen LogP contribution in [0.5, 0.6) is 5.75 Å². The minimum atomic E-state index is -3.69. The third-order valence-corrected chi connectivity index (χ3v) is 9.56. The Labute approximate surface area is 239 Å². The van der Waals surface area contributed by atoms with Crippen LogP contribution in [0.1, 0.15) is 23.2 Å². The van der Waals surface area contributed by atoms with Crippen LogP contribution in [0.15, 0.2) is 77.7 Å². The number of nitrogens with zero attached hydrogens (tertiary/aromatic N) is 3. The zero-order chi connectivity index (χ0) is 29.0. The van der Waals surface area contributed by atoms with E-state index >= 15 is 0 Å². The molecule has 0 saturated carbocycles. The number of carbonyl (C=O) groups excluding carboxylic acids is 2. The summed E-state index contributed by atoms with van der Waals surface area (Å²) in [5, 5.41) is 2.87. The van der Waals surface area contributed by atoms with E-state index in [4.69, 9.17) is 4.74 Å². The highest BCUT2D eigenvalue weighted by Gasteiger charge is 2.30. The van der Waals surface area contributed by atoms with E-state index in [0.29, 0.717) is 63.4 Å². The lowest BCUT2D eigenvalue weighted by Gasteiger charge is -2.36. The van der Waals surface area contributed by atoms with Crippen molar-refractivity contribution in [3.8, 4) is 5.75 Å². The predicted octanol–water partition coefficient (Wildman–Crippen LogP) is 3.84. The fraction of sp³-hybridized carbons (Fsp3) is 0.333. The molecule has 0 atom stereocenters. The topological polar surface area (TPSA) is 99.3 Å². The fourth-order valence-corrected chi connectivity index (χ4v) is 6.74. The van der Waals surface area contributed by atoms with E-state index in [9.17, 15) is 22.4 Å². The Morgan fingerprint density at radius 2 is 1.56 bits per heavy atom. The number of likely N-dealkylation sites (tertiary alicyclic amines) is 1. The molecule has 2 aliphatic rings. The summed E-state index contributed by atoms with van der Waals surface area (Å²) in [5.74, 6) is -0.415. The average Bonchev–Trinajstić information content (AvgIpc) is 3.01. The second kappa shape index (κ2) is 12.3. The SMILES string of the molecule is COc1ccccc1N1CCN(S(=O)(=O)c2ccc(NC(=O)C3CCN(C(=O)c4cccc(F)c4)CC3)cc2)CC1. The molecule has 5 rings (SSSR count). The molecule has 2 amide bonds. The molecule has 0 unspecified atom stereocenters. The van der Waals surface area contributed by atoms with Gasteiger partial charge in [0.25, 0.3) is 5.91 Å². The minimum Gasteiger partial charge on any atom is -0.495 e. The molecule has 2 aliphatic heterocycles. The maximum atomic E-state index is 13.5. The number of halogens is 1. The van der Waals surface area contributed by atoms with E-state index in [-0.39, 0.29) is 22.6 Å². The molecule has 0 aliphatic carbocycles. The van der Waals surface area contributed by atoms with Crippen molar-refractivity contribution in [1.29, 1.82) is 0 Å². The second-order valence-electron chi connectivity index (χ2n) is 10.2. The highest BCUT2D eigenvalue weighted by Crippen LogP contribution is 2.30. The molecule has 0 aromatic heterocycles. The van der Waals surface area contributed by atoms with Crippen LogP contribution in [0.4, 0.5) is 15.8 Å². The largest absolute Gasteiger partial charge is 0.495 e. The summed E-state index contributed by atoms with van der Waals surface area (Å²) < 4.78 is 47.0. The van der Waals surface area contributed by atoms with E-state index in [0.717, 1.165) is 11.4 Å². The van der Waals surface area contributed by atoms with Crippen molar-refractivity contribution in [2.45, 2.75) is 17.7 Å².